The SMILES string of the molecule is Cc1cncc(OC2CCNC2)n1. The second kappa shape index (κ2) is 3.70. The van der Waals surface area contributed by atoms with Crippen molar-refractivity contribution >= 4 is 0 Å². The molecule has 1 N–H and O–H groups in total. The number of nitrogens with one attached hydrogen (secondary N) is 1. The predicted octanol–water partition coefficient (Wildman–Crippen LogP) is 0.526. The second-order valence-corrected chi connectivity index (χ2v) is 3.23. The van der Waals surface area contributed by atoms with Gasteiger partial charge in [0.2, 0.25) is 5.88 Å². The fourth-order valence-corrected chi connectivity index (χ4v) is 1.40. The van der Waals surface area contributed by atoms with Gasteiger partial charge in [-0.05, 0) is 19.9 Å². The van der Waals surface area contributed by atoms with Crippen LogP contribution in [0.5, 0.6) is 5.88 Å². The molecule has 0 bridgehead atoms. The van der Waals surface area contributed by atoms with E-state index in [9.17, 15) is 0 Å². The highest BCUT2D eigenvalue weighted by atomic mass is 16.5. The maximum atomic E-state index is 5.62. The summed E-state index contributed by atoms with van der Waals surface area (Å²) in [5.74, 6) is 0.633. The van der Waals surface area contributed by atoms with Crippen LogP contribution in [0.25, 0.3) is 0 Å². The summed E-state index contributed by atoms with van der Waals surface area (Å²) < 4.78 is 5.62. The van der Waals surface area contributed by atoms with Crippen molar-refractivity contribution in [2.24, 2.45) is 0 Å². The molecule has 0 aliphatic carbocycles. The molecule has 2 heterocycles. The van der Waals surface area contributed by atoms with E-state index in [0.29, 0.717) is 5.88 Å². The molecule has 2 rings (SSSR count). The molecule has 1 saturated heterocycles. The molecule has 70 valence electrons. The minimum absolute atomic E-state index is 0.260. The number of hydrogen-bond acceptors (Lipinski definition) is 4. The van der Waals surface area contributed by atoms with Crippen molar-refractivity contribution in [3.05, 3.63) is 18.1 Å². The lowest BCUT2D eigenvalue weighted by molar-refractivity contribution is 0.212. The molecule has 0 amide bonds. The molecule has 0 radical (unpaired) electrons. The lowest BCUT2D eigenvalue weighted by Gasteiger charge is -2.10. The van der Waals surface area contributed by atoms with Gasteiger partial charge in [0.25, 0.3) is 0 Å². The van der Waals surface area contributed by atoms with Crippen molar-refractivity contribution in [2.75, 3.05) is 13.1 Å². The Hall–Kier alpha value is -1.16. The van der Waals surface area contributed by atoms with E-state index in [0.717, 1.165) is 25.2 Å². The van der Waals surface area contributed by atoms with E-state index in [1.165, 1.54) is 0 Å². The van der Waals surface area contributed by atoms with Gasteiger partial charge in [0.15, 0.2) is 0 Å². The van der Waals surface area contributed by atoms with E-state index in [4.69, 9.17) is 4.74 Å². The first-order valence-corrected chi connectivity index (χ1v) is 4.50. The van der Waals surface area contributed by atoms with E-state index in [-0.39, 0.29) is 6.10 Å². The molecule has 1 aliphatic heterocycles. The lowest BCUT2D eigenvalue weighted by atomic mass is 10.3. The average molecular weight is 179 g/mol. The van der Waals surface area contributed by atoms with Gasteiger partial charge in [-0.3, -0.25) is 4.98 Å². The molecule has 1 fully saturated rings. The van der Waals surface area contributed by atoms with Gasteiger partial charge < -0.3 is 10.1 Å². The monoisotopic (exact) mass is 179 g/mol. The van der Waals surface area contributed by atoms with Gasteiger partial charge in [-0.1, -0.05) is 0 Å². The van der Waals surface area contributed by atoms with Crippen molar-refractivity contribution in [3.63, 3.8) is 0 Å². The first-order valence-electron chi connectivity index (χ1n) is 4.50. The van der Waals surface area contributed by atoms with Crippen molar-refractivity contribution in [3.8, 4) is 5.88 Å². The van der Waals surface area contributed by atoms with Gasteiger partial charge in [0.05, 0.1) is 11.9 Å². The standard InChI is InChI=1S/C9H13N3O/c1-7-4-11-6-9(12-7)13-8-2-3-10-5-8/h4,6,8,10H,2-3,5H2,1H3. The Morgan fingerprint density at radius 3 is 3.15 bits per heavy atom. The number of aromatic nitrogens is 2. The summed E-state index contributed by atoms with van der Waals surface area (Å²) >= 11 is 0. The zero-order valence-corrected chi connectivity index (χ0v) is 7.66. The summed E-state index contributed by atoms with van der Waals surface area (Å²) in [7, 11) is 0. The highest BCUT2D eigenvalue weighted by molar-refractivity contribution is 5.07. The minimum atomic E-state index is 0.260. The molecule has 1 aromatic rings. The highest BCUT2D eigenvalue weighted by Gasteiger charge is 2.16. The Morgan fingerprint density at radius 2 is 2.46 bits per heavy atom. The average Bonchev–Trinajstić information content (AvgIpc) is 2.57. The first-order chi connectivity index (χ1) is 6.34. The Kier molecular flexibility index (Phi) is 2.40. The fraction of sp³-hybridized carbons (Fsp3) is 0.556. The Morgan fingerprint density at radius 1 is 1.54 bits per heavy atom. The molecule has 13 heavy (non-hydrogen) atoms. The molecule has 1 aromatic heterocycles. The summed E-state index contributed by atoms with van der Waals surface area (Å²) in [6, 6.07) is 0. The number of nitrogens with zero attached hydrogens (tertiary/aromatic N) is 2. The topological polar surface area (TPSA) is 47.0 Å². The third-order valence-corrected chi connectivity index (χ3v) is 2.04. The molecular formula is C9H13N3O. The zero-order chi connectivity index (χ0) is 9.10. The molecule has 0 spiro atoms. The molecule has 0 saturated carbocycles. The maximum Gasteiger partial charge on any atom is 0.232 e. The zero-order valence-electron chi connectivity index (χ0n) is 7.66. The van der Waals surface area contributed by atoms with Crippen LogP contribution in [0.15, 0.2) is 12.4 Å². The highest BCUT2D eigenvalue weighted by Crippen LogP contribution is 2.10. The summed E-state index contributed by atoms with van der Waals surface area (Å²) in [4.78, 5) is 8.24. The Bertz CT molecular complexity index is 284. The summed E-state index contributed by atoms with van der Waals surface area (Å²) in [6.07, 6.45) is 4.69. The Labute approximate surface area is 77.4 Å². The molecule has 0 aromatic carbocycles. The van der Waals surface area contributed by atoms with Gasteiger partial charge in [-0.25, -0.2) is 4.98 Å². The fourth-order valence-electron chi connectivity index (χ4n) is 1.40. The van der Waals surface area contributed by atoms with Crippen LogP contribution in [-0.4, -0.2) is 29.2 Å². The molecule has 1 aliphatic rings. The van der Waals surface area contributed by atoms with Crippen LogP contribution in [0.4, 0.5) is 0 Å². The van der Waals surface area contributed by atoms with E-state index in [2.05, 4.69) is 15.3 Å². The molecule has 4 heteroatoms. The largest absolute Gasteiger partial charge is 0.472 e. The van der Waals surface area contributed by atoms with Crippen LogP contribution >= 0.6 is 0 Å². The van der Waals surface area contributed by atoms with Crippen LogP contribution in [-0.2, 0) is 0 Å². The minimum Gasteiger partial charge on any atom is -0.472 e. The van der Waals surface area contributed by atoms with E-state index >= 15 is 0 Å². The quantitative estimate of drug-likeness (QED) is 0.719. The third-order valence-electron chi connectivity index (χ3n) is 2.04. The van der Waals surface area contributed by atoms with E-state index < -0.39 is 0 Å². The van der Waals surface area contributed by atoms with Crippen LogP contribution < -0.4 is 10.1 Å². The van der Waals surface area contributed by atoms with Gasteiger partial charge in [0.1, 0.15) is 6.10 Å². The van der Waals surface area contributed by atoms with Crippen molar-refractivity contribution in [1.82, 2.24) is 15.3 Å². The number of hydrogen-bond donors (Lipinski definition) is 1. The molecular weight excluding hydrogens is 166 g/mol. The number of ether oxygens (including phenoxy) is 1. The van der Waals surface area contributed by atoms with Gasteiger partial charge in [-0.15, -0.1) is 0 Å². The van der Waals surface area contributed by atoms with Gasteiger partial charge in [-0.2, -0.15) is 0 Å². The first kappa shape index (κ1) is 8.44. The number of aryl methyl sites for hydroxylation is 1. The molecule has 1 unspecified atom stereocenters. The molecule has 4 nitrogen and oxygen atoms in total. The van der Waals surface area contributed by atoms with E-state index in [1.807, 2.05) is 6.92 Å². The van der Waals surface area contributed by atoms with Gasteiger partial charge >= 0.3 is 0 Å². The van der Waals surface area contributed by atoms with Crippen LogP contribution in [0.1, 0.15) is 12.1 Å². The summed E-state index contributed by atoms with van der Waals surface area (Å²) in [5.41, 5.74) is 0.892. The van der Waals surface area contributed by atoms with Crippen LogP contribution in [0, 0.1) is 6.92 Å². The van der Waals surface area contributed by atoms with E-state index in [1.54, 1.807) is 12.4 Å². The van der Waals surface area contributed by atoms with Crippen molar-refractivity contribution in [1.29, 1.82) is 0 Å². The van der Waals surface area contributed by atoms with Crippen molar-refractivity contribution < 1.29 is 4.74 Å². The second-order valence-electron chi connectivity index (χ2n) is 3.23. The van der Waals surface area contributed by atoms with Crippen molar-refractivity contribution in [2.45, 2.75) is 19.4 Å². The molecule has 1 atom stereocenters. The van der Waals surface area contributed by atoms with Crippen LogP contribution in [0.2, 0.25) is 0 Å². The maximum absolute atomic E-state index is 5.62. The summed E-state index contributed by atoms with van der Waals surface area (Å²) in [6.45, 7) is 3.85. The predicted molar refractivity (Wildman–Crippen MR) is 48.7 cm³/mol. The smallest absolute Gasteiger partial charge is 0.232 e. The third kappa shape index (κ3) is 2.15. The van der Waals surface area contributed by atoms with Gasteiger partial charge in [0, 0.05) is 12.7 Å². The Balaban J connectivity index is 2.00. The summed E-state index contributed by atoms with van der Waals surface area (Å²) in [5, 5.41) is 3.23. The normalized spacial score (nSPS) is 21.8. The number of rotatable bonds is 2. The van der Waals surface area contributed by atoms with Crippen LogP contribution in [0.3, 0.4) is 0 Å². The lowest BCUT2D eigenvalue weighted by Crippen LogP contribution is -2.20.